The molecular formula is C9H19N3O2S2. The van der Waals surface area contributed by atoms with Gasteiger partial charge in [-0.25, -0.2) is 13.1 Å². The van der Waals surface area contributed by atoms with E-state index in [4.69, 9.17) is 5.73 Å². The minimum absolute atomic E-state index is 0.0000116. The molecule has 0 spiro atoms. The first-order valence-corrected chi connectivity index (χ1v) is 7.27. The summed E-state index contributed by atoms with van der Waals surface area (Å²) in [4.78, 5) is 2.08. The maximum Gasteiger partial charge on any atom is 0.218 e. The van der Waals surface area contributed by atoms with E-state index in [0.717, 1.165) is 19.3 Å². The van der Waals surface area contributed by atoms with Gasteiger partial charge in [-0.1, -0.05) is 12.2 Å². The van der Waals surface area contributed by atoms with Gasteiger partial charge in [0.05, 0.1) is 4.99 Å². The Hall–Kier alpha value is -0.240. The maximum atomic E-state index is 11.6. The average molecular weight is 265 g/mol. The van der Waals surface area contributed by atoms with Gasteiger partial charge >= 0.3 is 0 Å². The zero-order chi connectivity index (χ0) is 12.4. The number of hydrogen-bond acceptors (Lipinski definition) is 4. The zero-order valence-corrected chi connectivity index (χ0v) is 11.3. The van der Waals surface area contributed by atoms with Crippen LogP contribution in [0.5, 0.6) is 0 Å². The smallest absolute Gasteiger partial charge is 0.218 e. The van der Waals surface area contributed by atoms with Crippen LogP contribution in [0.15, 0.2) is 0 Å². The second-order valence-electron chi connectivity index (χ2n) is 4.52. The molecule has 1 rings (SSSR count). The number of nitrogens with one attached hydrogen (secondary N) is 1. The maximum absolute atomic E-state index is 11.6. The molecule has 1 saturated carbocycles. The van der Waals surface area contributed by atoms with E-state index in [-0.39, 0.29) is 16.3 Å². The van der Waals surface area contributed by atoms with Gasteiger partial charge < -0.3 is 10.6 Å². The molecule has 1 aliphatic rings. The van der Waals surface area contributed by atoms with Gasteiger partial charge in [0.15, 0.2) is 0 Å². The lowest BCUT2D eigenvalue weighted by atomic mass is 9.76. The van der Waals surface area contributed by atoms with Crippen molar-refractivity contribution in [2.45, 2.75) is 24.8 Å². The van der Waals surface area contributed by atoms with Crippen LogP contribution >= 0.6 is 12.2 Å². The molecule has 0 atom stereocenters. The van der Waals surface area contributed by atoms with Crippen LogP contribution in [0.3, 0.4) is 0 Å². The van der Waals surface area contributed by atoms with E-state index in [1.165, 1.54) is 0 Å². The molecule has 0 bridgehead atoms. The molecule has 94 valence electrons. The summed E-state index contributed by atoms with van der Waals surface area (Å²) in [5.41, 5.74) is 5.20. The minimum atomic E-state index is -3.37. The summed E-state index contributed by atoms with van der Waals surface area (Å²) in [6.45, 7) is 0.435. The van der Waals surface area contributed by atoms with Gasteiger partial charge in [0.25, 0.3) is 0 Å². The number of thiocarbonyl (C=S) groups is 1. The second kappa shape index (κ2) is 4.95. The number of sulfonamides is 1. The number of hydrogen-bond donors (Lipinski definition) is 2. The van der Waals surface area contributed by atoms with Crippen LogP contribution in [0.25, 0.3) is 0 Å². The van der Waals surface area contributed by atoms with Crippen LogP contribution in [0.1, 0.15) is 19.3 Å². The Balaban J connectivity index is 2.53. The van der Waals surface area contributed by atoms with E-state index in [9.17, 15) is 8.42 Å². The van der Waals surface area contributed by atoms with Crippen LogP contribution in [-0.4, -0.2) is 50.2 Å². The molecule has 0 aromatic heterocycles. The molecule has 0 amide bonds. The third-order valence-corrected chi connectivity index (χ3v) is 4.79. The summed E-state index contributed by atoms with van der Waals surface area (Å²) in [5, 5.41) is 0. The monoisotopic (exact) mass is 265 g/mol. The first-order chi connectivity index (χ1) is 7.27. The van der Waals surface area contributed by atoms with Crippen molar-refractivity contribution in [3.05, 3.63) is 0 Å². The average Bonchev–Trinajstić information content (AvgIpc) is 1.97. The largest absolute Gasteiger partial charge is 0.392 e. The number of nitrogens with two attached hydrogens (primary N) is 1. The molecule has 0 unspecified atom stereocenters. The van der Waals surface area contributed by atoms with Gasteiger partial charge in [-0.15, -0.1) is 0 Å². The van der Waals surface area contributed by atoms with Gasteiger partial charge in [-0.3, -0.25) is 0 Å². The number of nitrogens with zero attached hydrogens (tertiary/aromatic N) is 1. The molecule has 1 fully saturated rings. The van der Waals surface area contributed by atoms with Crippen LogP contribution < -0.4 is 10.5 Å². The highest BCUT2D eigenvalue weighted by Gasteiger charge is 2.39. The van der Waals surface area contributed by atoms with Crippen LogP contribution in [-0.2, 0) is 10.0 Å². The molecule has 0 radical (unpaired) electrons. The molecule has 0 aromatic rings. The van der Waals surface area contributed by atoms with Gasteiger partial charge in [-0.05, 0) is 33.4 Å². The third kappa shape index (κ3) is 3.38. The lowest BCUT2D eigenvalue weighted by molar-refractivity contribution is 0.0657. The summed E-state index contributed by atoms with van der Waals surface area (Å²) in [5.74, 6) is -0.272. The first-order valence-electron chi connectivity index (χ1n) is 5.20. The van der Waals surface area contributed by atoms with E-state index < -0.39 is 10.0 Å². The third-order valence-electron chi connectivity index (χ3n) is 3.19. The van der Waals surface area contributed by atoms with Crippen LogP contribution in [0.2, 0.25) is 0 Å². The van der Waals surface area contributed by atoms with E-state index >= 15 is 0 Å². The Morgan fingerprint density at radius 1 is 1.50 bits per heavy atom. The molecule has 0 aliphatic heterocycles. The van der Waals surface area contributed by atoms with Crippen molar-refractivity contribution in [2.24, 2.45) is 5.73 Å². The second-order valence-corrected chi connectivity index (χ2v) is 6.85. The fraction of sp³-hybridized carbons (Fsp3) is 0.889. The molecule has 16 heavy (non-hydrogen) atoms. The molecular weight excluding hydrogens is 246 g/mol. The van der Waals surface area contributed by atoms with Crippen molar-refractivity contribution < 1.29 is 8.42 Å². The Labute approximate surface area is 102 Å². The predicted octanol–water partition coefficient (Wildman–Crippen LogP) is -0.324. The quantitative estimate of drug-likeness (QED) is 0.644. The van der Waals surface area contributed by atoms with Gasteiger partial charge in [0, 0.05) is 12.1 Å². The summed E-state index contributed by atoms with van der Waals surface area (Å²) in [6.07, 6.45) is 3.19. The molecule has 0 aromatic carbocycles. The lowest BCUT2D eigenvalue weighted by Gasteiger charge is -2.47. The van der Waals surface area contributed by atoms with Crippen LogP contribution in [0.4, 0.5) is 0 Å². The van der Waals surface area contributed by atoms with Crippen molar-refractivity contribution in [2.75, 3.05) is 26.4 Å². The van der Waals surface area contributed by atoms with Gasteiger partial charge in [-0.2, -0.15) is 0 Å². The molecule has 1 aliphatic carbocycles. The van der Waals surface area contributed by atoms with Crippen molar-refractivity contribution >= 4 is 27.2 Å². The normalized spacial score (nSPS) is 19.4. The summed E-state index contributed by atoms with van der Waals surface area (Å²) >= 11 is 4.59. The highest BCUT2D eigenvalue weighted by Crippen LogP contribution is 2.35. The summed E-state index contributed by atoms with van der Waals surface area (Å²) in [6, 6.07) is 0. The fourth-order valence-electron chi connectivity index (χ4n) is 1.85. The standard InChI is InChI=1S/C9H19N3O2S2/c1-12(2)9(4-3-5-9)7-11-16(13,14)6-8(10)15/h11H,3-7H2,1-2H3,(H2,10,15). The van der Waals surface area contributed by atoms with E-state index in [1.807, 2.05) is 14.1 Å². The van der Waals surface area contributed by atoms with Crippen LogP contribution in [0, 0.1) is 0 Å². The number of likely N-dealkylation sites (N-methyl/N-ethyl adjacent to an activating group) is 1. The zero-order valence-electron chi connectivity index (χ0n) is 9.69. The Morgan fingerprint density at radius 2 is 2.06 bits per heavy atom. The lowest BCUT2D eigenvalue weighted by Crippen LogP contribution is -2.57. The van der Waals surface area contributed by atoms with E-state index in [2.05, 4.69) is 21.8 Å². The van der Waals surface area contributed by atoms with Gasteiger partial charge in [0.2, 0.25) is 10.0 Å². The molecule has 5 nitrogen and oxygen atoms in total. The SMILES string of the molecule is CN(C)C1(CNS(=O)(=O)CC(N)=S)CCC1. The minimum Gasteiger partial charge on any atom is -0.392 e. The Morgan fingerprint density at radius 3 is 2.38 bits per heavy atom. The number of rotatable bonds is 6. The first kappa shape index (κ1) is 13.8. The van der Waals surface area contributed by atoms with E-state index in [1.54, 1.807) is 0 Å². The van der Waals surface area contributed by atoms with Gasteiger partial charge in [0.1, 0.15) is 5.75 Å². The molecule has 0 saturated heterocycles. The predicted molar refractivity (Wildman–Crippen MR) is 68.8 cm³/mol. The fourth-order valence-corrected chi connectivity index (χ4v) is 3.28. The molecule has 7 heteroatoms. The van der Waals surface area contributed by atoms with E-state index in [0.29, 0.717) is 6.54 Å². The van der Waals surface area contributed by atoms with Crippen molar-refractivity contribution in [3.63, 3.8) is 0 Å². The van der Waals surface area contributed by atoms with Crippen molar-refractivity contribution in [1.82, 2.24) is 9.62 Å². The topological polar surface area (TPSA) is 75.4 Å². The van der Waals surface area contributed by atoms with Crippen molar-refractivity contribution in [3.8, 4) is 0 Å². The highest BCUT2D eigenvalue weighted by molar-refractivity contribution is 7.92. The Kier molecular flexibility index (Phi) is 4.28. The summed E-state index contributed by atoms with van der Waals surface area (Å²) in [7, 11) is 0.580. The Bertz CT molecular complexity index is 361. The highest BCUT2D eigenvalue weighted by atomic mass is 32.2. The molecule has 0 heterocycles. The molecule has 3 N–H and O–H groups in total. The van der Waals surface area contributed by atoms with Crippen molar-refractivity contribution in [1.29, 1.82) is 0 Å². The summed E-state index contributed by atoms with van der Waals surface area (Å²) < 4.78 is 25.7.